The Morgan fingerprint density at radius 2 is 1.44 bits per heavy atom. The van der Waals surface area contributed by atoms with Gasteiger partial charge in [-0.15, -0.1) is 0 Å². The Morgan fingerprint density at radius 1 is 1.11 bits per heavy atom. The van der Waals surface area contributed by atoms with Crippen molar-refractivity contribution in [1.29, 1.82) is 0 Å². The van der Waals surface area contributed by atoms with Crippen molar-refractivity contribution in [3.8, 4) is 0 Å². The largest absolute Gasteiger partial charge is 0.547 e. The smallest absolute Gasteiger partial charge is 0.129 e. The van der Waals surface area contributed by atoms with E-state index in [0.717, 1.165) is 0 Å². The van der Waals surface area contributed by atoms with Gasteiger partial charge in [-0.2, -0.15) is 0 Å². The van der Waals surface area contributed by atoms with Gasteiger partial charge >= 0.3 is 0 Å². The maximum absolute atomic E-state index is 9.75. The highest BCUT2D eigenvalue weighted by molar-refractivity contribution is 5.85. The Labute approximate surface area is 49.9 Å². The van der Waals surface area contributed by atoms with Crippen LogP contribution in [0.1, 0.15) is 0 Å². The van der Waals surface area contributed by atoms with Crippen LogP contribution >= 0.6 is 0 Å². The first-order chi connectivity index (χ1) is 4.13. The average molecular weight is 130 g/mol. The van der Waals surface area contributed by atoms with Crippen LogP contribution in [0.3, 0.4) is 0 Å². The minimum Gasteiger partial charge on any atom is -0.547 e. The van der Waals surface area contributed by atoms with E-state index in [1.54, 1.807) is 0 Å². The minimum atomic E-state index is -1.51. The Balaban J connectivity index is 2.42. The molecule has 0 aromatic heterocycles. The highest BCUT2D eigenvalue weighted by atomic mass is 16.6. The van der Waals surface area contributed by atoms with E-state index in [9.17, 15) is 19.8 Å². The fourth-order valence-corrected chi connectivity index (χ4v) is 0.471. The minimum absolute atomic E-state index is 1.30. The lowest BCUT2D eigenvalue weighted by molar-refractivity contribution is -0.311. The predicted molar refractivity (Wildman–Crippen MR) is 18.7 cm³/mol. The average Bonchev–Trinajstić information content (AvgIpc) is 2.39. The first-order valence-corrected chi connectivity index (χ1v) is 2.20. The van der Waals surface area contributed by atoms with Gasteiger partial charge in [0, 0.05) is 0 Å². The van der Waals surface area contributed by atoms with Crippen LogP contribution in [0.4, 0.5) is 0 Å². The summed E-state index contributed by atoms with van der Waals surface area (Å²) >= 11 is 0. The standard InChI is InChI=1S/C4H4O5/c5-3(6)1-2(9-1)4(7)8/h1-2H,(H,5,6)(H,7,8)/p-2. The molecule has 2 atom stereocenters. The third-order valence-electron chi connectivity index (χ3n) is 0.956. The molecule has 1 saturated heterocycles. The summed E-state index contributed by atoms with van der Waals surface area (Å²) in [7, 11) is 0. The second-order valence-corrected chi connectivity index (χ2v) is 1.62. The molecule has 5 heteroatoms. The Hall–Kier alpha value is -1.10. The molecule has 0 saturated carbocycles. The molecule has 1 aliphatic rings. The Kier molecular flexibility index (Phi) is 1.14. The molecule has 1 heterocycles. The van der Waals surface area contributed by atoms with Gasteiger partial charge in [-0.3, -0.25) is 0 Å². The van der Waals surface area contributed by atoms with Gasteiger partial charge in [0.15, 0.2) is 0 Å². The molecule has 0 aromatic carbocycles. The molecule has 0 radical (unpaired) electrons. The van der Waals surface area contributed by atoms with Gasteiger partial charge in [0.25, 0.3) is 0 Å². The molecule has 0 bridgehead atoms. The molecule has 1 fully saturated rings. The van der Waals surface area contributed by atoms with Gasteiger partial charge in [-0.25, -0.2) is 0 Å². The summed E-state index contributed by atoms with van der Waals surface area (Å²) in [5, 5.41) is 19.5. The number of carboxylic acids is 2. The zero-order valence-electron chi connectivity index (χ0n) is 4.20. The summed E-state index contributed by atoms with van der Waals surface area (Å²) in [5.74, 6) is -3.02. The number of rotatable bonds is 2. The Bertz CT molecular complexity index is 144. The number of ether oxygens (including phenoxy) is 1. The number of carboxylic acid groups (broad SMARTS) is 2. The molecule has 0 N–H and O–H groups in total. The van der Waals surface area contributed by atoms with E-state index in [-0.39, 0.29) is 0 Å². The van der Waals surface area contributed by atoms with Gasteiger partial charge in [0.1, 0.15) is 12.2 Å². The van der Waals surface area contributed by atoms with Gasteiger partial charge in [0.05, 0.1) is 11.9 Å². The van der Waals surface area contributed by atoms with Gasteiger partial charge in [-0.05, 0) is 0 Å². The van der Waals surface area contributed by atoms with Crippen LogP contribution < -0.4 is 10.2 Å². The lowest BCUT2D eigenvalue weighted by Gasteiger charge is -1.94. The van der Waals surface area contributed by atoms with Crippen molar-refractivity contribution >= 4 is 11.9 Å². The fraction of sp³-hybridized carbons (Fsp3) is 0.500. The molecule has 0 aliphatic carbocycles. The first kappa shape index (κ1) is 6.03. The highest BCUT2D eigenvalue weighted by Gasteiger charge is 2.41. The van der Waals surface area contributed by atoms with Crippen molar-refractivity contribution in [2.24, 2.45) is 0 Å². The predicted octanol–water partition coefficient (Wildman–Crippen LogP) is -3.75. The van der Waals surface area contributed by atoms with Crippen molar-refractivity contribution in [3.05, 3.63) is 0 Å². The molecule has 5 nitrogen and oxygen atoms in total. The second-order valence-electron chi connectivity index (χ2n) is 1.62. The molecule has 1 aliphatic heterocycles. The zero-order valence-corrected chi connectivity index (χ0v) is 4.20. The second kappa shape index (κ2) is 1.70. The first-order valence-electron chi connectivity index (χ1n) is 2.20. The van der Waals surface area contributed by atoms with Crippen molar-refractivity contribution in [1.82, 2.24) is 0 Å². The van der Waals surface area contributed by atoms with E-state index >= 15 is 0 Å². The van der Waals surface area contributed by atoms with E-state index in [1.807, 2.05) is 0 Å². The van der Waals surface area contributed by atoms with Crippen LogP contribution in [-0.2, 0) is 14.3 Å². The monoisotopic (exact) mass is 130 g/mol. The van der Waals surface area contributed by atoms with E-state index in [0.29, 0.717) is 0 Å². The zero-order chi connectivity index (χ0) is 7.02. The number of hydrogen-bond donors (Lipinski definition) is 0. The lowest BCUT2D eigenvalue weighted by atomic mass is 10.3. The number of hydrogen-bond acceptors (Lipinski definition) is 5. The van der Waals surface area contributed by atoms with Gasteiger partial charge in [-0.1, -0.05) is 0 Å². The van der Waals surface area contributed by atoms with Gasteiger partial charge in [0.2, 0.25) is 0 Å². The van der Waals surface area contributed by atoms with Crippen molar-refractivity contribution in [2.45, 2.75) is 12.2 Å². The van der Waals surface area contributed by atoms with E-state index in [4.69, 9.17) is 0 Å². The van der Waals surface area contributed by atoms with E-state index in [1.165, 1.54) is 0 Å². The molecule has 1 rings (SSSR count). The summed E-state index contributed by atoms with van der Waals surface area (Å²) in [6.45, 7) is 0. The van der Waals surface area contributed by atoms with Crippen LogP contribution in [0.2, 0.25) is 0 Å². The number of carbonyl (C=O) groups is 2. The van der Waals surface area contributed by atoms with E-state index < -0.39 is 24.1 Å². The fourth-order valence-electron chi connectivity index (χ4n) is 0.471. The molecule has 0 amide bonds. The SMILES string of the molecule is O=C([O-])C1OC1C(=O)[O-]. The van der Waals surface area contributed by atoms with Crippen LogP contribution in [-0.4, -0.2) is 24.1 Å². The third kappa shape index (κ3) is 0.996. The quantitative estimate of drug-likeness (QED) is 0.358. The molecule has 50 valence electrons. The van der Waals surface area contributed by atoms with Gasteiger partial charge < -0.3 is 24.5 Å². The molecular formula is C4H2O5-2. The van der Waals surface area contributed by atoms with E-state index in [2.05, 4.69) is 4.74 Å². The Morgan fingerprint density at radius 3 is 1.56 bits per heavy atom. The van der Waals surface area contributed by atoms with Crippen molar-refractivity contribution in [3.63, 3.8) is 0 Å². The summed E-state index contributed by atoms with van der Waals surface area (Å²) in [6.07, 6.45) is -2.59. The lowest BCUT2D eigenvalue weighted by Crippen LogP contribution is -2.35. The topological polar surface area (TPSA) is 92.8 Å². The number of epoxide rings is 1. The van der Waals surface area contributed by atoms with Crippen LogP contribution in [0, 0.1) is 0 Å². The normalized spacial score (nSPS) is 31.6. The van der Waals surface area contributed by atoms with Crippen LogP contribution in [0.25, 0.3) is 0 Å². The summed E-state index contributed by atoms with van der Waals surface area (Å²) in [4.78, 5) is 19.5. The molecule has 0 spiro atoms. The van der Waals surface area contributed by atoms with Crippen molar-refractivity contribution < 1.29 is 24.5 Å². The van der Waals surface area contributed by atoms with Crippen LogP contribution in [0.15, 0.2) is 0 Å². The molecular weight excluding hydrogens is 128 g/mol. The van der Waals surface area contributed by atoms with Crippen molar-refractivity contribution in [2.75, 3.05) is 0 Å². The summed E-state index contributed by atoms with van der Waals surface area (Å²) in [6, 6.07) is 0. The molecule has 2 unspecified atom stereocenters. The third-order valence-corrected chi connectivity index (χ3v) is 0.956. The highest BCUT2D eigenvalue weighted by Crippen LogP contribution is 2.19. The molecule has 9 heavy (non-hydrogen) atoms. The number of carbonyl (C=O) groups excluding carboxylic acids is 2. The van der Waals surface area contributed by atoms with Crippen LogP contribution in [0.5, 0.6) is 0 Å². The summed E-state index contributed by atoms with van der Waals surface area (Å²) in [5.41, 5.74) is 0. The number of aliphatic carboxylic acids is 2. The maximum atomic E-state index is 9.75. The molecule has 0 aromatic rings. The maximum Gasteiger partial charge on any atom is 0.129 e. The summed E-state index contributed by atoms with van der Waals surface area (Å²) < 4.78 is 4.12.